The lowest BCUT2D eigenvalue weighted by Crippen LogP contribution is -2.31. The molecule has 1 N–H and O–H groups in total. The summed E-state index contributed by atoms with van der Waals surface area (Å²) in [5.41, 5.74) is 1.29. The Morgan fingerprint density at radius 1 is 1.30 bits per heavy atom. The third kappa shape index (κ3) is 4.43. The molecule has 1 saturated heterocycles. The first kappa shape index (κ1) is 15.7. The molecule has 4 nitrogen and oxygen atoms in total. The molecular formula is C15H25BrN4. The van der Waals surface area contributed by atoms with Crippen molar-refractivity contribution in [2.45, 2.75) is 26.3 Å². The molecule has 0 saturated carbocycles. The fraction of sp³-hybridized carbons (Fsp3) is 0.667. The van der Waals surface area contributed by atoms with E-state index >= 15 is 0 Å². The average molecular weight is 341 g/mol. The lowest BCUT2D eigenvalue weighted by atomic mass is 10.2. The Kier molecular flexibility index (Phi) is 6.26. The first-order valence-corrected chi connectivity index (χ1v) is 8.28. The molecule has 0 bridgehead atoms. The van der Waals surface area contributed by atoms with Gasteiger partial charge in [-0.2, -0.15) is 0 Å². The van der Waals surface area contributed by atoms with Crippen LogP contribution in [0.4, 0.5) is 5.82 Å². The van der Waals surface area contributed by atoms with Crippen LogP contribution >= 0.6 is 15.9 Å². The van der Waals surface area contributed by atoms with Gasteiger partial charge in [0.05, 0.1) is 0 Å². The van der Waals surface area contributed by atoms with Gasteiger partial charge >= 0.3 is 0 Å². The van der Waals surface area contributed by atoms with E-state index in [0.29, 0.717) is 0 Å². The molecular weight excluding hydrogens is 316 g/mol. The monoisotopic (exact) mass is 340 g/mol. The molecule has 1 aromatic heterocycles. The highest BCUT2D eigenvalue weighted by Crippen LogP contribution is 2.22. The predicted molar refractivity (Wildman–Crippen MR) is 88.3 cm³/mol. The largest absolute Gasteiger partial charge is 0.355 e. The minimum absolute atomic E-state index is 0.891. The van der Waals surface area contributed by atoms with E-state index in [1.54, 1.807) is 0 Å². The van der Waals surface area contributed by atoms with Gasteiger partial charge in [-0.3, -0.25) is 0 Å². The van der Waals surface area contributed by atoms with Gasteiger partial charge in [0.1, 0.15) is 5.82 Å². The maximum atomic E-state index is 4.67. The summed E-state index contributed by atoms with van der Waals surface area (Å²) in [7, 11) is 2.20. The molecule has 0 aromatic carbocycles. The average Bonchev–Trinajstić information content (AvgIpc) is 2.64. The third-order valence-corrected chi connectivity index (χ3v) is 4.10. The van der Waals surface area contributed by atoms with Crippen LogP contribution in [0.25, 0.3) is 0 Å². The lowest BCUT2D eigenvalue weighted by molar-refractivity contribution is 0.360. The number of hydrogen-bond donors (Lipinski definition) is 1. The number of halogens is 1. The SMILES string of the molecule is CCCNCc1cc(Br)cnc1N1CCCN(C)CC1. The topological polar surface area (TPSA) is 31.4 Å². The van der Waals surface area contributed by atoms with Crippen LogP contribution in [0.3, 0.4) is 0 Å². The second-order valence-electron chi connectivity index (χ2n) is 5.46. The van der Waals surface area contributed by atoms with Crippen molar-refractivity contribution < 1.29 is 0 Å². The van der Waals surface area contributed by atoms with Crippen molar-refractivity contribution in [1.29, 1.82) is 0 Å². The zero-order valence-corrected chi connectivity index (χ0v) is 14.1. The normalized spacial score (nSPS) is 17.2. The summed E-state index contributed by atoms with van der Waals surface area (Å²) >= 11 is 3.54. The zero-order chi connectivity index (χ0) is 14.4. The molecule has 0 spiro atoms. The van der Waals surface area contributed by atoms with Gasteiger partial charge in [0.25, 0.3) is 0 Å². The van der Waals surface area contributed by atoms with Gasteiger partial charge in [0, 0.05) is 42.4 Å². The summed E-state index contributed by atoms with van der Waals surface area (Å²) in [6.45, 7) is 8.58. The highest BCUT2D eigenvalue weighted by molar-refractivity contribution is 9.10. The van der Waals surface area contributed by atoms with E-state index in [0.717, 1.165) is 49.4 Å². The van der Waals surface area contributed by atoms with Crippen LogP contribution in [0.1, 0.15) is 25.3 Å². The Balaban J connectivity index is 2.12. The molecule has 1 aromatic rings. The van der Waals surface area contributed by atoms with Crippen molar-refractivity contribution in [2.24, 2.45) is 0 Å². The van der Waals surface area contributed by atoms with Crippen LogP contribution < -0.4 is 10.2 Å². The van der Waals surface area contributed by atoms with Gasteiger partial charge in [-0.1, -0.05) is 6.92 Å². The van der Waals surface area contributed by atoms with Gasteiger partial charge in [-0.15, -0.1) is 0 Å². The molecule has 1 aliphatic heterocycles. The second kappa shape index (κ2) is 7.96. The van der Waals surface area contributed by atoms with Crippen LogP contribution in [0.15, 0.2) is 16.7 Å². The van der Waals surface area contributed by atoms with Gasteiger partial charge in [0.15, 0.2) is 0 Å². The maximum absolute atomic E-state index is 4.67. The van der Waals surface area contributed by atoms with E-state index in [2.05, 4.69) is 56.1 Å². The first-order chi connectivity index (χ1) is 9.70. The Hall–Kier alpha value is -0.650. The van der Waals surface area contributed by atoms with Crippen molar-refractivity contribution in [3.63, 3.8) is 0 Å². The molecule has 0 aliphatic carbocycles. The van der Waals surface area contributed by atoms with E-state index in [-0.39, 0.29) is 0 Å². The molecule has 0 atom stereocenters. The molecule has 0 amide bonds. The number of likely N-dealkylation sites (N-methyl/N-ethyl adjacent to an activating group) is 1. The van der Waals surface area contributed by atoms with Crippen LogP contribution in [-0.2, 0) is 6.54 Å². The van der Waals surface area contributed by atoms with Crippen LogP contribution in [0.2, 0.25) is 0 Å². The first-order valence-electron chi connectivity index (χ1n) is 7.49. The lowest BCUT2D eigenvalue weighted by Gasteiger charge is -2.24. The second-order valence-corrected chi connectivity index (χ2v) is 6.37. The fourth-order valence-electron chi connectivity index (χ4n) is 2.55. The van der Waals surface area contributed by atoms with Crippen molar-refractivity contribution >= 4 is 21.7 Å². The van der Waals surface area contributed by atoms with Crippen LogP contribution in [0, 0.1) is 0 Å². The highest BCUT2D eigenvalue weighted by Gasteiger charge is 2.16. The Morgan fingerprint density at radius 2 is 2.15 bits per heavy atom. The number of rotatable bonds is 5. The summed E-state index contributed by atoms with van der Waals surface area (Å²) in [5.74, 6) is 1.15. The smallest absolute Gasteiger partial charge is 0.133 e. The minimum atomic E-state index is 0.891. The quantitative estimate of drug-likeness (QED) is 0.834. The van der Waals surface area contributed by atoms with Gasteiger partial charge in [-0.05, 0) is 55.0 Å². The number of pyridine rings is 1. The molecule has 20 heavy (non-hydrogen) atoms. The van der Waals surface area contributed by atoms with Gasteiger partial charge < -0.3 is 15.1 Å². The number of nitrogens with zero attached hydrogens (tertiary/aromatic N) is 3. The highest BCUT2D eigenvalue weighted by atomic mass is 79.9. The standard InChI is InChI=1S/C15H25BrN4/c1-3-5-17-11-13-10-14(16)12-18-15(13)20-7-4-6-19(2)8-9-20/h10,12,17H,3-9,11H2,1-2H3. The molecule has 112 valence electrons. The van der Waals surface area contributed by atoms with Crippen molar-refractivity contribution in [2.75, 3.05) is 44.7 Å². The number of aromatic nitrogens is 1. The summed E-state index contributed by atoms with van der Waals surface area (Å²) < 4.78 is 1.06. The van der Waals surface area contributed by atoms with Crippen molar-refractivity contribution in [3.05, 3.63) is 22.3 Å². The molecule has 2 rings (SSSR count). The van der Waals surface area contributed by atoms with E-state index < -0.39 is 0 Å². The Bertz CT molecular complexity index is 424. The van der Waals surface area contributed by atoms with Crippen molar-refractivity contribution in [1.82, 2.24) is 15.2 Å². The maximum Gasteiger partial charge on any atom is 0.133 e. The number of nitrogens with one attached hydrogen (secondary N) is 1. The number of hydrogen-bond acceptors (Lipinski definition) is 4. The van der Waals surface area contributed by atoms with E-state index in [9.17, 15) is 0 Å². The van der Waals surface area contributed by atoms with Gasteiger partial charge in [-0.25, -0.2) is 4.98 Å². The molecule has 0 unspecified atom stereocenters. The Labute approximate surface area is 130 Å². The zero-order valence-electron chi connectivity index (χ0n) is 12.5. The fourth-order valence-corrected chi connectivity index (χ4v) is 2.93. The molecule has 0 radical (unpaired) electrons. The summed E-state index contributed by atoms with van der Waals surface area (Å²) in [4.78, 5) is 9.49. The Morgan fingerprint density at radius 3 is 2.95 bits per heavy atom. The molecule has 1 aliphatic rings. The summed E-state index contributed by atoms with van der Waals surface area (Å²) in [6, 6.07) is 2.19. The van der Waals surface area contributed by atoms with Crippen LogP contribution in [0.5, 0.6) is 0 Å². The number of anilines is 1. The van der Waals surface area contributed by atoms with E-state index in [1.165, 1.54) is 18.5 Å². The summed E-state index contributed by atoms with van der Waals surface area (Å²) in [5, 5.41) is 3.48. The van der Waals surface area contributed by atoms with E-state index in [4.69, 9.17) is 0 Å². The third-order valence-electron chi connectivity index (χ3n) is 3.67. The van der Waals surface area contributed by atoms with Gasteiger partial charge in [0.2, 0.25) is 0 Å². The minimum Gasteiger partial charge on any atom is -0.355 e. The molecule has 2 heterocycles. The molecule has 5 heteroatoms. The van der Waals surface area contributed by atoms with Crippen LogP contribution in [-0.4, -0.2) is 49.7 Å². The molecule has 1 fully saturated rings. The van der Waals surface area contributed by atoms with Crippen molar-refractivity contribution in [3.8, 4) is 0 Å². The summed E-state index contributed by atoms with van der Waals surface area (Å²) in [6.07, 6.45) is 4.27. The predicted octanol–water partition coefficient (Wildman–Crippen LogP) is 2.49. The van der Waals surface area contributed by atoms with E-state index in [1.807, 2.05) is 6.20 Å².